The summed E-state index contributed by atoms with van der Waals surface area (Å²) in [6.07, 6.45) is 17.9. The summed E-state index contributed by atoms with van der Waals surface area (Å²) in [6, 6.07) is 8.13. The summed E-state index contributed by atoms with van der Waals surface area (Å²) in [5.41, 5.74) is 2.19. The highest BCUT2D eigenvalue weighted by molar-refractivity contribution is 5.93. The maximum atomic E-state index is 11.2. The number of benzene rings is 1. The molecule has 130 valence electrons. The molecule has 1 rings (SSSR count). The maximum Gasteiger partial charge on any atom is 0.159 e. The van der Waals surface area contributed by atoms with Crippen LogP contribution in [0.25, 0.3) is 0 Å². The van der Waals surface area contributed by atoms with Gasteiger partial charge in [0.25, 0.3) is 0 Å². The SMILES string of the molecule is CCCCCCCCCCCCCCc1ccc(C(C)=O)cc1. The molecule has 0 spiro atoms. The standard InChI is InChI=1S/C22H36O/c1-3-4-5-6-7-8-9-10-11-12-13-14-15-21-16-18-22(19-17-21)20(2)23/h16-19H,3-15H2,1-2H3. The molecule has 0 aliphatic rings. The van der Waals surface area contributed by atoms with Crippen molar-refractivity contribution in [3.8, 4) is 0 Å². The van der Waals surface area contributed by atoms with Gasteiger partial charge in [0.05, 0.1) is 0 Å². The minimum absolute atomic E-state index is 0.155. The first-order chi connectivity index (χ1) is 11.2. The van der Waals surface area contributed by atoms with Gasteiger partial charge in [0.2, 0.25) is 0 Å². The largest absolute Gasteiger partial charge is 0.295 e. The van der Waals surface area contributed by atoms with Crippen LogP contribution in [0.15, 0.2) is 24.3 Å². The van der Waals surface area contributed by atoms with Crippen molar-refractivity contribution in [2.75, 3.05) is 0 Å². The van der Waals surface area contributed by atoms with Crippen molar-refractivity contribution in [2.24, 2.45) is 0 Å². The van der Waals surface area contributed by atoms with Crippen LogP contribution < -0.4 is 0 Å². The Morgan fingerprint density at radius 2 is 1.13 bits per heavy atom. The van der Waals surface area contributed by atoms with E-state index in [2.05, 4.69) is 19.1 Å². The van der Waals surface area contributed by atoms with Crippen LogP contribution in [0.2, 0.25) is 0 Å². The van der Waals surface area contributed by atoms with Gasteiger partial charge in [0, 0.05) is 5.56 Å². The number of Topliss-reactive ketones (excluding diaryl/α,β-unsaturated/α-hetero) is 1. The summed E-state index contributed by atoms with van der Waals surface area (Å²) in [5.74, 6) is 0.155. The number of unbranched alkanes of at least 4 members (excludes halogenated alkanes) is 11. The van der Waals surface area contributed by atoms with Gasteiger partial charge in [-0.25, -0.2) is 0 Å². The zero-order chi connectivity index (χ0) is 16.8. The molecule has 0 fully saturated rings. The highest BCUT2D eigenvalue weighted by Crippen LogP contribution is 2.13. The minimum atomic E-state index is 0.155. The monoisotopic (exact) mass is 316 g/mol. The Hall–Kier alpha value is -1.11. The summed E-state index contributed by atoms with van der Waals surface area (Å²) >= 11 is 0. The molecule has 0 saturated heterocycles. The predicted octanol–water partition coefficient (Wildman–Crippen LogP) is 7.13. The van der Waals surface area contributed by atoms with E-state index in [-0.39, 0.29) is 5.78 Å². The highest BCUT2D eigenvalue weighted by Gasteiger charge is 1.99. The Labute approximate surface area is 143 Å². The molecular formula is C22H36O. The Bertz CT molecular complexity index is 404. The van der Waals surface area contributed by atoms with E-state index in [0.717, 1.165) is 12.0 Å². The fraction of sp³-hybridized carbons (Fsp3) is 0.682. The molecule has 1 aromatic rings. The topological polar surface area (TPSA) is 17.1 Å². The Morgan fingerprint density at radius 1 is 0.696 bits per heavy atom. The van der Waals surface area contributed by atoms with Crippen LogP contribution in [-0.4, -0.2) is 5.78 Å². The average molecular weight is 317 g/mol. The lowest BCUT2D eigenvalue weighted by Crippen LogP contribution is -1.92. The summed E-state index contributed by atoms with van der Waals surface area (Å²) < 4.78 is 0. The molecule has 0 unspecified atom stereocenters. The number of hydrogen-bond donors (Lipinski definition) is 0. The number of carbonyl (C=O) groups excluding carboxylic acids is 1. The molecule has 0 heterocycles. The van der Waals surface area contributed by atoms with Crippen LogP contribution >= 0.6 is 0 Å². The van der Waals surface area contributed by atoms with Gasteiger partial charge in [-0.05, 0) is 25.3 Å². The highest BCUT2D eigenvalue weighted by atomic mass is 16.1. The normalized spacial score (nSPS) is 10.9. The predicted molar refractivity (Wildman–Crippen MR) is 101 cm³/mol. The average Bonchev–Trinajstić information content (AvgIpc) is 2.56. The van der Waals surface area contributed by atoms with Crippen molar-refractivity contribution in [3.05, 3.63) is 35.4 Å². The minimum Gasteiger partial charge on any atom is -0.295 e. The van der Waals surface area contributed by atoms with E-state index in [4.69, 9.17) is 0 Å². The van der Waals surface area contributed by atoms with Crippen LogP contribution in [0, 0.1) is 0 Å². The third kappa shape index (κ3) is 10.3. The second-order valence-electron chi connectivity index (χ2n) is 6.89. The first-order valence-corrected chi connectivity index (χ1v) is 9.84. The van der Waals surface area contributed by atoms with Crippen LogP contribution in [-0.2, 0) is 6.42 Å². The molecule has 0 radical (unpaired) electrons. The quantitative estimate of drug-likeness (QED) is 0.263. The number of carbonyl (C=O) groups is 1. The zero-order valence-corrected chi connectivity index (χ0v) is 15.4. The lowest BCUT2D eigenvalue weighted by Gasteiger charge is -2.04. The van der Waals surface area contributed by atoms with Crippen LogP contribution in [0.4, 0.5) is 0 Å². The molecule has 0 bridgehead atoms. The second kappa shape index (κ2) is 13.3. The molecule has 1 aromatic carbocycles. The Kier molecular flexibility index (Phi) is 11.6. The van der Waals surface area contributed by atoms with Gasteiger partial charge in [-0.2, -0.15) is 0 Å². The smallest absolute Gasteiger partial charge is 0.159 e. The van der Waals surface area contributed by atoms with Crippen molar-refractivity contribution >= 4 is 5.78 Å². The lowest BCUT2D eigenvalue weighted by molar-refractivity contribution is 0.101. The van der Waals surface area contributed by atoms with Crippen molar-refractivity contribution in [2.45, 2.75) is 97.3 Å². The molecule has 0 N–H and O–H groups in total. The zero-order valence-electron chi connectivity index (χ0n) is 15.4. The number of hydrogen-bond acceptors (Lipinski definition) is 1. The molecule has 0 saturated carbocycles. The van der Waals surface area contributed by atoms with Crippen LogP contribution in [0.1, 0.15) is 107 Å². The molecule has 0 aliphatic heterocycles. The number of aryl methyl sites for hydroxylation is 1. The molecule has 0 aliphatic carbocycles. The van der Waals surface area contributed by atoms with E-state index in [9.17, 15) is 4.79 Å². The van der Waals surface area contributed by atoms with Crippen molar-refractivity contribution < 1.29 is 4.79 Å². The maximum absolute atomic E-state index is 11.2. The van der Waals surface area contributed by atoms with Gasteiger partial charge in [-0.1, -0.05) is 102 Å². The third-order valence-corrected chi connectivity index (χ3v) is 4.68. The van der Waals surface area contributed by atoms with Gasteiger partial charge in [0.15, 0.2) is 5.78 Å². The van der Waals surface area contributed by atoms with E-state index in [1.807, 2.05) is 12.1 Å². The number of rotatable bonds is 14. The van der Waals surface area contributed by atoms with Gasteiger partial charge in [0.1, 0.15) is 0 Å². The fourth-order valence-corrected chi connectivity index (χ4v) is 3.08. The van der Waals surface area contributed by atoms with Crippen molar-refractivity contribution in [3.63, 3.8) is 0 Å². The molecule has 23 heavy (non-hydrogen) atoms. The number of ketones is 1. The van der Waals surface area contributed by atoms with Gasteiger partial charge >= 0.3 is 0 Å². The second-order valence-corrected chi connectivity index (χ2v) is 6.89. The molecule has 1 nitrogen and oxygen atoms in total. The first kappa shape index (κ1) is 19.9. The summed E-state index contributed by atoms with van der Waals surface area (Å²) in [7, 11) is 0. The van der Waals surface area contributed by atoms with Crippen molar-refractivity contribution in [1.82, 2.24) is 0 Å². The van der Waals surface area contributed by atoms with Crippen LogP contribution in [0.5, 0.6) is 0 Å². The molecule has 0 aromatic heterocycles. The summed E-state index contributed by atoms with van der Waals surface area (Å²) in [4.78, 5) is 11.2. The molecular weight excluding hydrogens is 280 g/mol. The summed E-state index contributed by atoms with van der Waals surface area (Å²) in [6.45, 7) is 3.90. The van der Waals surface area contributed by atoms with Gasteiger partial charge < -0.3 is 0 Å². The molecule has 1 heteroatoms. The van der Waals surface area contributed by atoms with Gasteiger partial charge in [-0.15, -0.1) is 0 Å². The fourth-order valence-electron chi connectivity index (χ4n) is 3.08. The van der Waals surface area contributed by atoms with E-state index in [1.54, 1.807) is 6.92 Å². The Balaban J connectivity index is 1.90. The van der Waals surface area contributed by atoms with E-state index >= 15 is 0 Å². The molecule has 0 atom stereocenters. The summed E-state index contributed by atoms with van der Waals surface area (Å²) in [5, 5.41) is 0. The Morgan fingerprint density at radius 3 is 1.57 bits per heavy atom. The van der Waals surface area contributed by atoms with E-state index in [0.29, 0.717) is 0 Å². The lowest BCUT2D eigenvalue weighted by atomic mass is 10.0. The van der Waals surface area contributed by atoms with Crippen LogP contribution in [0.3, 0.4) is 0 Å². The van der Waals surface area contributed by atoms with E-state index < -0.39 is 0 Å². The van der Waals surface area contributed by atoms with E-state index in [1.165, 1.54) is 82.6 Å². The van der Waals surface area contributed by atoms with Gasteiger partial charge in [-0.3, -0.25) is 4.79 Å². The van der Waals surface area contributed by atoms with Crippen molar-refractivity contribution in [1.29, 1.82) is 0 Å². The first-order valence-electron chi connectivity index (χ1n) is 9.84. The molecule has 0 amide bonds. The third-order valence-electron chi connectivity index (χ3n) is 4.68.